The molecule has 1 aliphatic heterocycles. The highest BCUT2D eigenvalue weighted by molar-refractivity contribution is 5.79. The monoisotopic (exact) mass is 336 g/mol. The van der Waals surface area contributed by atoms with Gasteiger partial charge in [0.1, 0.15) is 5.75 Å². The number of hydrogen-bond acceptors (Lipinski definition) is 4. The van der Waals surface area contributed by atoms with E-state index in [1.807, 2.05) is 32.0 Å². The van der Waals surface area contributed by atoms with Crippen molar-refractivity contribution < 1.29 is 19.2 Å². The van der Waals surface area contributed by atoms with Crippen LogP contribution in [0, 0.1) is 0 Å². The number of nitrogens with zero attached hydrogens (tertiary/aromatic N) is 1. The maximum absolute atomic E-state index is 12.2. The van der Waals surface area contributed by atoms with Gasteiger partial charge in [-0.2, -0.15) is 0 Å². The molecule has 1 fully saturated rings. The van der Waals surface area contributed by atoms with Crippen molar-refractivity contribution in [1.29, 1.82) is 0 Å². The Balaban J connectivity index is 1.88. The summed E-state index contributed by atoms with van der Waals surface area (Å²) >= 11 is 0. The third kappa shape index (κ3) is 4.85. The lowest BCUT2D eigenvalue weighted by molar-refractivity contribution is -0.914. The van der Waals surface area contributed by atoms with Gasteiger partial charge in [-0.05, 0) is 26.0 Å². The summed E-state index contributed by atoms with van der Waals surface area (Å²) in [6.45, 7) is 9.53. The number of para-hydroxylation sites is 2. The molecule has 2 N–H and O–H groups in total. The predicted octanol–water partition coefficient (Wildman–Crippen LogP) is -0.0587. The Hall–Kier alpha value is -1.79. The van der Waals surface area contributed by atoms with Gasteiger partial charge in [0.15, 0.2) is 6.04 Å². The molecule has 24 heavy (non-hydrogen) atoms. The summed E-state index contributed by atoms with van der Waals surface area (Å²) < 4.78 is 10.7. The molecule has 6 heteroatoms. The highest BCUT2D eigenvalue weighted by atomic mass is 16.5. The van der Waals surface area contributed by atoms with Crippen molar-refractivity contribution in [2.75, 3.05) is 57.9 Å². The zero-order chi connectivity index (χ0) is 17.4. The zero-order valence-electron chi connectivity index (χ0n) is 15.0. The maximum atomic E-state index is 12.2. The zero-order valence-corrected chi connectivity index (χ0v) is 15.0. The van der Waals surface area contributed by atoms with Crippen molar-refractivity contribution in [1.82, 2.24) is 5.32 Å². The molecule has 1 atom stereocenters. The molecule has 0 unspecified atom stereocenters. The molecule has 1 saturated heterocycles. The van der Waals surface area contributed by atoms with E-state index >= 15 is 0 Å². The minimum Gasteiger partial charge on any atom is -0.492 e. The Kier molecular flexibility index (Phi) is 7.34. The second-order valence-electron chi connectivity index (χ2n) is 6.05. The Morgan fingerprint density at radius 2 is 2.04 bits per heavy atom. The number of piperazine rings is 1. The number of carbonyl (C=O) groups is 1. The van der Waals surface area contributed by atoms with Crippen LogP contribution in [-0.4, -0.2) is 65.0 Å². The fraction of sp³-hybridized carbons (Fsp3) is 0.611. The van der Waals surface area contributed by atoms with Crippen LogP contribution in [0.1, 0.15) is 13.8 Å². The molecule has 0 saturated carbocycles. The lowest BCUT2D eigenvalue weighted by Gasteiger charge is -2.36. The maximum Gasteiger partial charge on any atom is 0.278 e. The van der Waals surface area contributed by atoms with Gasteiger partial charge in [0, 0.05) is 13.7 Å². The number of rotatable bonds is 8. The van der Waals surface area contributed by atoms with Gasteiger partial charge in [-0.3, -0.25) is 4.79 Å². The number of methoxy groups -OCH3 is 1. The molecule has 1 amide bonds. The molecule has 2 rings (SSSR count). The van der Waals surface area contributed by atoms with E-state index in [9.17, 15) is 4.79 Å². The number of quaternary nitrogens is 1. The van der Waals surface area contributed by atoms with Gasteiger partial charge >= 0.3 is 0 Å². The van der Waals surface area contributed by atoms with E-state index in [-0.39, 0.29) is 11.9 Å². The molecule has 1 aromatic carbocycles. The summed E-state index contributed by atoms with van der Waals surface area (Å²) in [5.41, 5.74) is 1.15. The highest BCUT2D eigenvalue weighted by Gasteiger charge is 2.29. The minimum atomic E-state index is -0.0360. The van der Waals surface area contributed by atoms with Gasteiger partial charge in [-0.15, -0.1) is 0 Å². The topological polar surface area (TPSA) is 55.2 Å². The van der Waals surface area contributed by atoms with Crippen LogP contribution in [-0.2, 0) is 9.53 Å². The first-order valence-electron chi connectivity index (χ1n) is 8.75. The average Bonchev–Trinajstić information content (AvgIpc) is 2.62. The largest absolute Gasteiger partial charge is 0.492 e. The Labute approximate surface area is 144 Å². The lowest BCUT2D eigenvalue weighted by Crippen LogP contribution is -3.19. The molecule has 1 aliphatic rings. The summed E-state index contributed by atoms with van der Waals surface area (Å²) in [6, 6.07) is 8.14. The van der Waals surface area contributed by atoms with Gasteiger partial charge in [0.25, 0.3) is 5.91 Å². The predicted molar refractivity (Wildman–Crippen MR) is 94.9 cm³/mol. The van der Waals surface area contributed by atoms with Crippen LogP contribution in [0.2, 0.25) is 0 Å². The normalized spacial score (nSPS) is 16.7. The van der Waals surface area contributed by atoms with Crippen LogP contribution in [0.4, 0.5) is 5.69 Å². The van der Waals surface area contributed by atoms with Crippen molar-refractivity contribution in [2.24, 2.45) is 0 Å². The first-order chi connectivity index (χ1) is 11.7. The first kappa shape index (κ1) is 18.5. The molecule has 0 aromatic heterocycles. The van der Waals surface area contributed by atoms with E-state index in [2.05, 4.69) is 16.3 Å². The number of anilines is 1. The molecule has 6 nitrogen and oxygen atoms in total. The van der Waals surface area contributed by atoms with Gasteiger partial charge < -0.3 is 24.6 Å². The van der Waals surface area contributed by atoms with E-state index < -0.39 is 0 Å². The van der Waals surface area contributed by atoms with Crippen LogP contribution >= 0.6 is 0 Å². The second-order valence-corrected chi connectivity index (χ2v) is 6.05. The van der Waals surface area contributed by atoms with Crippen molar-refractivity contribution >= 4 is 11.6 Å². The van der Waals surface area contributed by atoms with Crippen molar-refractivity contribution in [2.45, 2.75) is 19.9 Å². The van der Waals surface area contributed by atoms with Crippen molar-refractivity contribution in [3.8, 4) is 5.75 Å². The Morgan fingerprint density at radius 1 is 1.33 bits per heavy atom. The van der Waals surface area contributed by atoms with Gasteiger partial charge in [-0.1, -0.05) is 12.1 Å². The summed E-state index contributed by atoms with van der Waals surface area (Å²) in [6.07, 6.45) is 0. The van der Waals surface area contributed by atoms with Gasteiger partial charge in [0.2, 0.25) is 0 Å². The Bertz CT molecular complexity index is 516. The van der Waals surface area contributed by atoms with E-state index in [4.69, 9.17) is 9.47 Å². The van der Waals surface area contributed by atoms with Crippen LogP contribution < -0.4 is 19.9 Å². The summed E-state index contributed by atoms with van der Waals surface area (Å²) in [5.74, 6) is 1.04. The van der Waals surface area contributed by atoms with Gasteiger partial charge in [0.05, 0.1) is 45.1 Å². The standard InChI is InChI=1S/C18H29N3O3/c1-4-24-17-8-6-5-7-16(17)21-12-10-20(11-13-21)15(2)18(22)19-9-14-23-3/h5-8,15H,4,9-14H2,1-3H3,(H,19,22)/p+1/t15-/m0/s1. The van der Waals surface area contributed by atoms with E-state index in [0.717, 1.165) is 37.6 Å². The van der Waals surface area contributed by atoms with Crippen LogP contribution in [0.5, 0.6) is 5.75 Å². The number of nitrogens with one attached hydrogen (secondary N) is 2. The molecule has 0 bridgehead atoms. The van der Waals surface area contributed by atoms with Crippen molar-refractivity contribution in [3.05, 3.63) is 24.3 Å². The number of ether oxygens (including phenoxy) is 2. The van der Waals surface area contributed by atoms with Crippen LogP contribution in [0.3, 0.4) is 0 Å². The third-order valence-electron chi connectivity index (χ3n) is 4.52. The molecular formula is C18H30N3O3+. The highest BCUT2D eigenvalue weighted by Crippen LogP contribution is 2.27. The number of hydrogen-bond donors (Lipinski definition) is 2. The van der Waals surface area contributed by atoms with E-state index in [0.29, 0.717) is 19.8 Å². The second kappa shape index (κ2) is 9.49. The molecule has 134 valence electrons. The average molecular weight is 336 g/mol. The van der Waals surface area contributed by atoms with E-state index in [1.54, 1.807) is 7.11 Å². The van der Waals surface area contributed by atoms with E-state index in [1.165, 1.54) is 4.90 Å². The first-order valence-corrected chi connectivity index (χ1v) is 8.75. The molecular weight excluding hydrogens is 306 g/mol. The molecule has 1 heterocycles. The molecule has 0 spiro atoms. The molecule has 0 radical (unpaired) electrons. The number of amides is 1. The Morgan fingerprint density at radius 3 is 2.71 bits per heavy atom. The fourth-order valence-corrected chi connectivity index (χ4v) is 3.08. The molecule has 1 aromatic rings. The fourth-order valence-electron chi connectivity index (χ4n) is 3.08. The SMILES string of the molecule is CCOc1ccccc1N1CC[NH+]([C@@H](C)C(=O)NCCOC)CC1. The lowest BCUT2D eigenvalue weighted by atomic mass is 10.2. The summed E-state index contributed by atoms with van der Waals surface area (Å²) in [5, 5.41) is 2.93. The van der Waals surface area contributed by atoms with Crippen LogP contribution in [0.25, 0.3) is 0 Å². The van der Waals surface area contributed by atoms with Gasteiger partial charge in [-0.25, -0.2) is 0 Å². The third-order valence-corrected chi connectivity index (χ3v) is 4.52. The summed E-state index contributed by atoms with van der Waals surface area (Å²) in [4.78, 5) is 15.9. The number of carbonyl (C=O) groups excluding carboxylic acids is 1. The quantitative estimate of drug-likeness (QED) is 0.653. The molecule has 0 aliphatic carbocycles. The smallest absolute Gasteiger partial charge is 0.278 e. The number of benzene rings is 1. The summed E-state index contributed by atoms with van der Waals surface area (Å²) in [7, 11) is 1.64. The van der Waals surface area contributed by atoms with Crippen LogP contribution in [0.15, 0.2) is 24.3 Å². The van der Waals surface area contributed by atoms with Crippen molar-refractivity contribution in [3.63, 3.8) is 0 Å². The minimum absolute atomic E-state index is 0.0360.